The Balaban J connectivity index is 2.59. The molecule has 1 rings (SSSR count). The van der Waals surface area contributed by atoms with E-state index < -0.39 is 0 Å². The van der Waals surface area contributed by atoms with Crippen molar-refractivity contribution in [3.8, 4) is 0 Å². The minimum Gasteiger partial charge on any atom is -0.396 e. The fourth-order valence-electron chi connectivity index (χ4n) is 0.605. The molecule has 72 valence electrons. The van der Waals surface area contributed by atoms with Crippen LogP contribution in [0, 0.1) is 0 Å². The maximum absolute atomic E-state index is 8.55. The molecule has 0 fully saturated rings. The van der Waals surface area contributed by atoms with Crippen molar-refractivity contribution in [3.63, 3.8) is 0 Å². The highest BCUT2D eigenvalue weighted by Gasteiger charge is 2.05. The standard InChI is InChI=1S/C6H7Cl2N3OS/c7-4-5(13-3-1-2-12)9-6(8)11-10-4/h12H,1-3H2. The van der Waals surface area contributed by atoms with Crippen molar-refractivity contribution in [1.82, 2.24) is 15.2 Å². The van der Waals surface area contributed by atoms with E-state index >= 15 is 0 Å². The molecule has 13 heavy (non-hydrogen) atoms. The molecule has 0 bridgehead atoms. The van der Waals surface area contributed by atoms with Gasteiger partial charge in [-0.2, -0.15) is 0 Å². The van der Waals surface area contributed by atoms with E-state index in [1.165, 1.54) is 11.8 Å². The number of aromatic nitrogens is 3. The molecule has 1 aromatic rings. The van der Waals surface area contributed by atoms with E-state index in [4.69, 9.17) is 28.3 Å². The van der Waals surface area contributed by atoms with Crippen LogP contribution < -0.4 is 0 Å². The van der Waals surface area contributed by atoms with Gasteiger partial charge >= 0.3 is 0 Å². The highest BCUT2D eigenvalue weighted by Crippen LogP contribution is 2.23. The summed E-state index contributed by atoms with van der Waals surface area (Å²) in [5.41, 5.74) is 0. The lowest BCUT2D eigenvalue weighted by Gasteiger charge is -2.00. The van der Waals surface area contributed by atoms with Gasteiger partial charge in [-0.25, -0.2) is 4.98 Å². The number of thioether (sulfide) groups is 1. The first kappa shape index (κ1) is 11.0. The fraction of sp³-hybridized carbons (Fsp3) is 0.500. The largest absolute Gasteiger partial charge is 0.396 e. The first-order valence-corrected chi connectivity index (χ1v) is 5.27. The first-order valence-electron chi connectivity index (χ1n) is 3.53. The van der Waals surface area contributed by atoms with Gasteiger partial charge in [-0.3, -0.25) is 0 Å². The Morgan fingerprint density at radius 3 is 2.77 bits per heavy atom. The van der Waals surface area contributed by atoms with Crippen molar-refractivity contribution < 1.29 is 5.11 Å². The summed E-state index contributed by atoms with van der Waals surface area (Å²) in [5.74, 6) is 0.727. The van der Waals surface area contributed by atoms with Crippen LogP contribution in [0.3, 0.4) is 0 Å². The summed E-state index contributed by atoms with van der Waals surface area (Å²) in [5, 5.41) is 16.5. The summed E-state index contributed by atoms with van der Waals surface area (Å²) < 4.78 is 0. The van der Waals surface area contributed by atoms with Crippen molar-refractivity contribution in [3.05, 3.63) is 10.4 Å². The molecule has 0 radical (unpaired) electrons. The predicted molar refractivity (Wildman–Crippen MR) is 52.3 cm³/mol. The molecule has 0 aliphatic rings. The number of nitrogens with zero attached hydrogens (tertiary/aromatic N) is 3. The van der Waals surface area contributed by atoms with Gasteiger partial charge in [0.1, 0.15) is 5.03 Å². The summed E-state index contributed by atoms with van der Waals surface area (Å²) >= 11 is 12.6. The molecule has 1 N–H and O–H groups in total. The van der Waals surface area contributed by atoms with Gasteiger partial charge in [0.2, 0.25) is 5.28 Å². The minimum absolute atomic E-state index is 0.0795. The molecule has 4 nitrogen and oxygen atoms in total. The van der Waals surface area contributed by atoms with Crippen molar-refractivity contribution in [1.29, 1.82) is 0 Å². The van der Waals surface area contributed by atoms with E-state index in [2.05, 4.69) is 15.2 Å². The normalized spacial score (nSPS) is 10.4. The molecule has 1 aromatic heterocycles. The zero-order valence-corrected chi connectivity index (χ0v) is 8.90. The summed E-state index contributed by atoms with van der Waals surface area (Å²) in [6, 6.07) is 0. The highest BCUT2D eigenvalue weighted by atomic mass is 35.5. The van der Waals surface area contributed by atoms with E-state index in [0.29, 0.717) is 11.4 Å². The minimum atomic E-state index is 0.0795. The average molecular weight is 240 g/mol. The lowest BCUT2D eigenvalue weighted by molar-refractivity contribution is 0.296. The van der Waals surface area contributed by atoms with E-state index in [9.17, 15) is 0 Å². The molecule has 0 atom stereocenters. The smallest absolute Gasteiger partial charge is 0.244 e. The molecule has 0 saturated heterocycles. The van der Waals surface area contributed by atoms with E-state index in [1.807, 2.05) is 0 Å². The molecular weight excluding hydrogens is 233 g/mol. The van der Waals surface area contributed by atoms with Crippen LogP contribution in [0.25, 0.3) is 0 Å². The lowest BCUT2D eigenvalue weighted by Crippen LogP contribution is -1.93. The second-order valence-corrected chi connectivity index (χ2v) is 3.88. The summed E-state index contributed by atoms with van der Waals surface area (Å²) in [6.45, 7) is 0.150. The number of aliphatic hydroxyl groups excluding tert-OH is 1. The van der Waals surface area contributed by atoms with E-state index in [0.717, 1.165) is 5.75 Å². The number of hydrogen-bond donors (Lipinski definition) is 1. The van der Waals surface area contributed by atoms with Gasteiger partial charge in [-0.15, -0.1) is 22.0 Å². The van der Waals surface area contributed by atoms with E-state index in [-0.39, 0.29) is 17.0 Å². The summed E-state index contributed by atoms with van der Waals surface area (Å²) in [6.07, 6.45) is 0.683. The molecular formula is C6H7Cl2N3OS. The van der Waals surface area contributed by atoms with Crippen molar-refractivity contribution in [2.45, 2.75) is 11.4 Å². The Kier molecular flexibility index (Phi) is 4.72. The van der Waals surface area contributed by atoms with Gasteiger partial charge in [-0.05, 0) is 18.0 Å². The van der Waals surface area contributed by atoms with Crippen LogP contribution >= 0.6 is 35.0 Å². The number of halogens is 2. The number of hydrogen-bond acceptors (Lipinski definition) is 5. The third-order valence-corrected chi connectivity index (χ3v) is 2.71. The molecule has 0 aliphatic carbocycles. The highest BCUT2D eigenvalue weighted by molar-refractivity contribution is 7.99. The van der Waals surface area contributed by atoms with Gasteiger partial charge < -0.3 is 5.11 Å². The van der Waals surface area contributed by atoms with Crippen molar-refractivity contribution in [2.75, 3.05) is 12.4 Å². The monoisotopic (exact) mass is 239 g/mol. The van der Waals surface area contributed by atoms with Crippen molar-refractivity contribution in [2.24, 2.45) is 0 Å². The Hall–Kier alpha value is -0.100. The van der Waals surface area contributed by atoms with Crippen molar-refractivity contribution >= 4 is 35.0 Å². The van der Waals surface area contributed by atoms with E-state index in [1.54, 1.807) is 0 Å². The fourth-order valence-corrected chi connectivity index (χ4v) is 1.80. The summed E-state index contributed by atoms with van der Waals surface area (Å²) in [7, 11) is 0. The molecule has 0 aromatic carbocycles. The maximum Gasteiger partial charge on any atom is 0.244 e. The average Bonchev–Trinajstić information content (AvgIpc) is 2.11. The van der Waals surface area contributed by atoms with Crippen LogP contribution in [0.2, 0.25) is 10.4 Å². The van der Waals surface area contributed by atoms with Crippen LogP contribution in [-0.2, 0) is 0 Å². The van der Waals surface area contributed by atoms with Gasteiger partial charge in [-0.1, -0.05) is 11.6 Å². The SMILES string of the molecule is OCCCSc1nc(Cl)nnc1Cl. The predicted octanol–water partition coefficient (Wildman–Crippen LogP) is 1.65. The maximum atomic E-state index is 8.55. The van der Waals surface area contributed by atoms with Gasteiger partial charge in [0.05, 0.1) is 0 Å². The Morgan fingerprint density at radius 1 is 1.31 bits per heavy atom. The van der Waals surface area contributed by atoms with Gasteiger partial charge in [0.15, 0.2) is 5.15 Å². The van der Waals surface area contributed by atoms with Crippen LogP contribution in [0.5, 0.6) is 0 Å². The van der Waals surface area contributed by atoms with Gasteiger partial charge in [0, 0.05) is 12.4 Å². The summed E-state index contributed by atoms with van der Waals surface area (Å²) in [4.78, 5) is 3.89. The van der Waals surface area contributed by atoms with Crippen LogP contribution in [0.15, 0.2) is 5.03 Å². The third kappa shape index (κ3) is 3.64. The second-order valence-electron chi connectivity index (χ2n) is 2.10. The molecule has 0 spiro atoms. The van der Waals surface area contributed by atoms with Crippen LogP contribution in [0.4, 0.5) is 0 Å². The lowest BCUT2D eigenvalue weighted by atomic mass is 10.5. The topological polar surface area (TPSA) is 58.9 Å². The Bertz CT molecular complexity index is 287. The first-order chi connectivity index (χ1) is 6.24. The molecule has 0 amide bonds. The molecule has 1 heterocycles. The quantitative estimate of drug-likeness (QED) is 0.640. The van der Waals surface area contributed by atoms with Crippen LogP contribution in [0.1, 0.15) is 6.42 Å². The molecule has 0 unspecified atom stereocenters. The van der Waals surface area contributed by atoms with Gasteiger partial charge in [0.25, 0.3) is 0 Å². The molecule has 0 aliphatic heterocycles. The Morgan fingerprint density at radius 2 is 2.08 bits per heavy atom. The zero-order valence-electron chi connectivity index (χ0n) is 6.57. The van der Waals surface area contributed by atoms with Crippen LogP contribution in [-0.4, -0.2) is 32.6 Å². The molecule has 0 saturated carbocycles. The number of aliphatic hydroxyl groups is 1. The Labute approximate surface area is 89.7 Å². The third-order valence-electron chi connectivity index (χ3n) is 1.13. The zero-order chi connectivity index (χ0) is 9.68. The number of rotatable bonds is 4. The second kappa shape index (κ2) is 5.59. The molecule has 7 heteroatoms.